The lowest BCUT2D eigenvalue weighted by Gasteiger charge is -2.36. The van der Waals surface area contributed by atoms with Crippen molar-refractivity contribution in [3.05, 3.63) is 42.5 Å². The van der Waals surface area contributed by atoms with E-state index < -0.39 is 10.0 Å². The fourth-order valence-corrected chi connectivity index (χ4v) is 4.90. The zero-order valence-corrected chi connectivity index (χ0v) is 18.2. The van der Waals surface area contributed by atoms with Gasteiger partial charge in [-0.1, -0.05) is 12.1 Å². The first-order chi connectivity index (χ1) is 14.4. The van der Waals surface area contributed by atoms with Crippen LogP contribution in [-0.2, 0) is 14.8 Å². The van der Waals surface area contributed by atoms with E-state index in [9.17, 15) is 13.2 Å². The second kappa shape index (κ2) is 9.36. The summed E-state index contributed by atoms with van der Waals surface area (Å²) in [5.41, 5.74) is 1.30. The molecule has 0 aromatic heterocycles. The van der Waals surface area contributed by atoms with E-state index in [0.29, 0.717) is 44.2 Å². The van der Waals surface area contributed by atoms with Gasteiger partial charge in [0.15, 0.2) is 0 Å². The molecule has 1 N–H and O–H groups in total. The predicted octanol–water partition coefficient (Wildman–Crippen LogP) is 2.56. The Balaban J connectivity index is 1.79. The Morgan fingerprint density at radius 2 is 1.77 bits per heavy atom. The number of benzene rings is 2. The van der Waals surface area contributed by atoms with E-state index in [0.717, 1.165) is 11.4 Å². The van der Waals surface area contributed by atoms with Gasteiger partial charge in [-0.15, -0.1) is 0 Å². The van der Waals surface area contributed by atoms with Crippen LogP contribution in [0.1, 0.15) is 13.8 Å². The Hall–Kier alpha value is -2.78. The highest BCUT2D eigenvalue weighted by molar-refractivity contribution is 7.89. The third-order valence-electron chi connectivity index (χ3n) is 4.86. The number of sulfonamides is 1. The summed E-state index contributed by atoms with van der Waals surface area (Å²) < 4.78 is 38.8. The first-order valence-electron chi connectivity index (χ1n) is 9.79. The number of para-hydroxylation sites is 2. The Kier molecular flexibility index (Phi) is 6.84. The molecule has 0 bridgehead atoms. The summed E-state index contributed by atoms with van der Waals surface area (Å²) in [6, 6.07) is 12.2. The number of ether oxygens (including phenoxy) is 2. The fraction of sp³-hybridized carbons (Fsp3) is 0.381. The second-order valence-corrected chi connectivity index (χ2v) is 8.77. The summed E-state index contributed by atoms with van der Waals surface area (Å²) in [6.07, 6.45) is 0. The molecule has 162 valence electrons. The van der Waals surface area contributed by atoms with Crippen LogP contribution in [0.2, 0.25) is 0 Å². The van der Waals surface area contributed by atoms with Gasteiger partial charge in [0.05, 0.1) is 30.0 Å². The number of carbonyl (C=O) groups excluding carboxylic acids is 1. The molecule has 1 saturated heterocycles. The molecule has 1 fully saturated rings. The summed E-state index contributed by atoms with van der Waals surface area (Å²) in [6.45, 7) is 5.40. The maximum absolute atomic E-state index is 13.2. The number of carbonyl (C=O) groups is 1. The summed E-state index contributed by atoms with van der Waals surface area (Å²) in [5.74, 6) is 0.906. The van der Waals surface area contributed by atoms with Gasteiger partial charge in [0, 0.05) is 33.1 Å². The van der Waals surface area contributed by atoms with Crippen molar-refractivity contribution >= 4 is 27.3 Å². The van der Waals surface area contributed by atoms with Crippen molar-refractivity contribution in [2.45, 2.75) is 18.7 Å². The van der Waals surface area contributed by atoms with E-state index in [4.69, 9.17) is 9.47 Å². The minimum atomic E-state index is -3.70. The largest absolute Gasteiger partial charge is 0.495 e. The minimum Gasteiger partial charge on any atom is -0.495 e. The van der Waals surface area contributed by atoms with Gasteiger partial charge in [0.25, 0.3) is 0 Å². The molecule has 1 aliphatic rings. The minimum absolute atomic E-state index is 0.125. The van der Waals surface area contributed by atoms with Gasteiger partial charge in [0.2, 0.25) is 15.9 Å². The maximum atomic E-state index is 13.2. The molecule has 9 heteroatoms. The van der Waals surface area contributed by atoms with Crippen LogP contribution in [0.25, 0.3) is 0 Å². The van der Waals surface area contributed by atoms with Gasteiger partial charge in [-0.3, -0.25) is 4.79 Å². The molecule has 0 spiro atoms. The molecule has 2 aromatic carbocycles. The smallest absolute Gasteiger partial charge is 0.243 e. The summed E-state index contributed by atoms with van der Waals surface area (Å²) in [7, 11) is -2.08. The maximum Gasteiger partial charge on any atom is 0.243 e. The van der Waals surface area contributed by atoms with E-state index in [-0.39, 0.29) is 10.8 Å². The zero-order chi connectivity index (χ0) is 21.7. The van der Waals surface area contributed by atoms with Crippen LogP contribution in [0.4, 0.5) is 11.4 Å². The van der Waals surface area contributed by atoms with E-state index in [1.54, 1.807) is 13.2 Å². The third-order valence-corrected chi connectivity index (χ3v) is 6.76. The zero-order valence-electron chi connectivity index (χ0n) is 17.4. The number of anilines is 2. The van der Waals surface area contributed by atoms with Crippen LogP contribution in [0, 0.1) is 0 Å². The predicted molar refractivity (Wildman–Crippen MR) is 116 cm³/mol. The highest BCUT2D eigenvalue weighted by Crippen LogP contribution is 2.31. The van der Waals surface area contributed by atoms with Crippen LogP contribution in [0.15, 0.2) is 47.4 Å². The van der Waals surface area contributed by atoms with E-state index in [1.807, 2.05) is 31.2 Å². The lowest BCUT2D eigenvalue weighted by atomic mass is 10.2. The van der Waals surface area contributed by atoms with Crippen molar-refractivity contribution in [3.8, 4) is 11.5 Å². The standard InChI is InChI=1S/C21H27N3O5S/c1-4-29-20-10-9-17(15-18(20)22-16(2)25)30(26,27)24-13-11-23(12-14-24)19-7-5-6-8-21(19)28-3/h5-10,15H,4,11-14H2,1-3H3,(H,22,25). The first-order valence-corrected chi connectivity index (χ1v) is 11.2. The number of hydrogen-bond donors (Lipinski definition) is 1. The van der Waals surface area contributed by atoms with E-state index in [1.165, 1.54) is 23.4 Å². The molecular formula is C21H27N3O5S. The molecule has 1 heterocycles. The van der Waals surface area contributed by atoms with Crippen LogP contribution in [0.3, 0.4) is 0 Å². The van der Waals surface area contributed by atoms with Gasteiger partial charge in [-0.05, 0) is 37.3 Å². The summed E-state index contributed by atoms with van der Waals surface area (Å²) in [4.78, 5) is 13.8. The molecule has 0 aliphatic carbocycles. The van der Waals surface area contributed by atoms with Crippen molar-refractivity contribution < 1.29 is 22.7 Å². The highest BCUT2D eigenvalue weighted by Gasteiger charge is 2.30. The topological polar surface area (TPSA) is 88.2 Å². The monoisotopic (exact) mass is 433 g/mol. The number of rotatable bonds is 7. The van der Waals surface area contributed by atoms with Gasteiger partial charge >= 0.3 is 0 Å². The Labute approximate surface area is 177 Å². The quantitative estimate of drug-likeness (QED) is 0.722. The molecule has 3 rings (SSSR count). The molecule has 0 atom stereocenters. The number of piperazine rings is 1. The SMILES string of the molecule is CCOc1ccc(S(=O)(=O)N2CCN(c3ccccc3OC)CC2)cc1NC(C)=O. The number of nitrogens with one attached hydrogen (secondary N) is 1. The van der Waals surface area contributed by atoms with Crippen molar-refractivity contribution in [1.29, 1.82) is 0 Å². The van der Waals surface area contributed by atoms with Crippen LogP contribution in [0.5, 0.6) is 11.5 Å². The van der Waals surface area contributed by atoms with Gasteiger partial charge < -0.3 is 19.7 Å². The normalized spacial score (nSPS) is 15.0. The molecule has 1 amide bonds. The van der Waals surface area contributed by atoms with Crippen LogP contribution < -0.4 is 19.7 Å². The lowest BCUT2D eigenvalue weighted by Crippen LogP contribution is -2.48. The number of methoxy groups -OCH3 is 1. The Morgan fingerprint density at radius 3 is 2.40 bits per heavy atom. The second-order valence-electron chi connectivity index (χ2n) is 6.84. The molecule has 0 radical (unpaired) electrons. The fourth-order valence-electron chi connectivity index (χ4n) is 3.45. The average Bonchev–Trinajstić information content (AvgIpc) is 2.74. The first kappa shape index (κ1) is 21.9. The van der Waals surface area contributed by atoms with Crippen LogP contribution >= 0.6 is 0 Å². The molecular weight excluding hydrogens is 406 g/mol. The number of nitrogens with zero attached hydrogens (tertiary/aromatic N) is 2. The Morgan fingerprint density at radius 1 is 1.07 bits per heavy atom. The molecule has 1 aliphatic heterocycles. The molecule has 0 saturated carbocycles. The van der Waals surface area contributed by atoms with Crippen molar-refractivity contribution in [3.63, 3.8) is 0 Å². The number of hydrogen-bond acceptors (Lipinski definition) is 6. The third kappa shape index (κ3) is 4.68. The molecule has 0 unspecified atom stereocenters. The van der Waals surface area contributed by atoms with Crippen molar-refractivity contribution in [2.24, 2.45) is 0 Å². The summed E-state index contributed by atoms with van der Waals surface area (Å²) >= 11 is 0. The van der Waals surface area contributed by atoms with Crippen LogP contribution in [-0.4, -0.2) is 58.5 Å². The van der Waals surface area contributed by atoms with Crippen molar-refractivity contribution in [2.75, 3.05) is 50.1 Å². The highest BCUT2D eigenvalue weighted by atomic mass is 32.2. The number of amides is 1. The van der Waals surface area contributed by atoms with Gasteiger partial charge in [-0.25, -0.2) is 8.42 Å². The Bertz CT molecular complexity index is 1000. The molecule has 30 heavy (non-hydrogen) atoms. The van der Waals surface area contributed by atoms with E-state index in [2.05, 4.69) is 10.2 Å². The molecule has 8 nitrogen and oxygen atoms in total. The van der Waals surface area contributed by atoms with E-state index >= 15 is 0 Å². The lowest BCUT2D eigenvalue weighted by molar-refractivity contribution is -0.114. The van der Waals surface area contributed by atoms with Gasteiger partial charge in [0.1, 0.15) is 11.5 Å². The molecule has 2 aromatic rings. The van der Waals surface area contributed by atoms with Gasteiger partial charge in [-0.2, -0.15) is 4.31 Å². The average molecular weight is 434 g/mol. The van der Waals surface area contributed by atoms with Crippen molar-refractivity contribution in [1.82, 2.24) is 4.31 Å². The summed E-state index contributed by atoms with van der Waals surface area (Å²) in [5, 5.41) is 2.65.